The number of hydrogen-bond acceptors (Lipinski definition) is 7. The topological polar surface area (TPSA) is 110 Å². The second-order valence-corrected chi connectivity index (χ2v) is 7.61. The van der Waals surface area contributed by atoms with Gasteiger partial charge in [-0.2, -0.15) is 0 Å². The van der Waals surface area contributed by atoms with Crippen LogP contribution in [0.5, 0.6) is 11.5 Å². The van der Waals surface area contributed by atoms with Gasteiger partial charge in [-0.25, -0.2) is 0 Å². The number of nitrogens with zero attached hydrogens (tertiary/aromatic N) is 2. The second kappa shape index (κ2) is 8.03. The van der Waals surface area contributed by atoms with Crippen molar-refractivity contribution in [3.63, 3.8) is 0 Å². The van der Waals surface area contributed by atoms with Crippen LogP contribution >= 0.6 is 27.7 Å². The average molecular weight is 465 g/mol. The zero-order valence-electron chi connectivity index (χ0n) is 14.4. The van der Waals surface area contributed by atoms with E-state index in [0.717, 1.165) is 4.90 Å². The number of ether oxygens (including phenoxy) is 1. The van der Waals surface area contributed by atoms with Crippen molar-refractivity contribution in [1.29, 1.82) is 0 Å². The highest BCUT2D eigenvalue weighted by Gasteiger charge is 2.36. The van der Waals surface area contributed by atoms with Gasteiger partial charge in [-0.15, -0.1) is 0 Å². The fraction of sp³-hybridized carbons (Fsp3) is 0.111. The van der Waals surface area contributed by atoms with Crippen molar-refractivity contribution in [3.05, 3.63) is 67.0 Å². The Morgan fingerprint density at radius 3 is 2.71 bits per heavy atom. The molecule has 2 aromatic carbocycles. The third-order valence-corrected chi connectivity index (χ3v) is 5.33. The highest BCUT2D eigenvalue weighted by atomic mass is 79.9. The molecule has 144 valence electrons. The smallest absolute Gasteiger partial charge is 0.293 e. The summed E-state index contributed by atoms with van der Waals surface area (Å²) in [6, 6.07) is 9.06. The van der Waals surface area contributed by atoms with Gasteiger partial charge in [0, 0.05) is 21.7 Å². The van der Waals surface area contributed by atoms with Gasteiger partial charge in [-0.3, -0.25) is 24.6 Å². The maximum absolute atomic E-state index is 12.7. The summed E-state index contributed by atoms with van der Waals surface area (Å²) in [7, 11) is 1.39. The number of amides is 2. The van der Waals surface area contributed by atoms with Crippen LogP contribution in [-0.2, 0) is 11.3 Å². The molecule has 0 atom stereocenters. The summed E-state index contributed by atoms with van der Waals surface area (Å²) in [5.41, 5.74) is 0.380. The van der Waals surface area contributed by atoms with Crippen LogP contribution in [0.3, 0.4) is 0 Å². The standard InChI is InChI=1S/C18H13BrN2O6S/c1-27-14-8-12(19)6-11(16(14)22)7-15-17(23)20(18(24)28-15)9-10-4-2-3-5-13(10)21(25)26/h2-8,22H,9H2,1H3/b15-7-. The summed E-state index contributed by atoms with van der Waals surface area (Å²) in [6.07, 6.45) is 1.38. The predicted octanol–water partition coefficient (Wildman–Crippen LogP) is 4.31. The molecule has 0 radical (unpaired) electrons. The van der Waals surface area contributed by atoms with E-state index >= 15 is 0 Å². The Morgan fingerprint density at radius 2 is 2.04 bits per heavy atom. The minimum Gasteiger partial charge on any atom is -0.504 e. The van der Waals surface area contributed by atoms with E-state index in [4.69, 9.17) is 4.74 Å². The van der Waals surface area contributed by atoms with Crippen LogP contribution in [0, 0.1) is 10.1 Å². The summed E-state index contributed by atoms with van der Waals surface area (Å²) in [5.74, 6) is -0.553. The minimum atomic E-state index is -0.591. The lowest BCUT2D eigenvalue weighted by Gasteiger charge is -2.12. The Bertz CT molecular complexity index is 1020. The van der Waals surface area contributed by atoms with Crippen molar-refractivity contribution in [3.8, 4) is 11.5 Å². The summed E-state index contributed by atoms with van der Waals surface area (Å²) in [5, 5.41) is 20.8. The zero-order valence-corrected chi connectivity index (χ0v) is 16.8. The second-order valence-electron chi connectivity index (χ2n) is 5.70. The van der Waals surface area contributed by atoms with Crippen molar-refractivity contribution in [2.75, 3.05) is 7.11 Å². The van der Waals surface area contributed by atoms with Crippen molar-refractivity contribution in [2.24, 2.45) is 0 Å². The van der Waals surface area contributed by atoms with Gasteiger partial charge in [0.2, 0.25) is 0 Å². The van der Waals surface area contributed by atoms with Crippen LogP contribution in [0.1, 0.15) is 11.1 Å². The van der Waals surface area contributed by atoms with Crippen LogP contribution in [-0.4, -0.2) is 33.2 Å². The molecule has 2 aromatic rings. The molecule has 10 heteroatoms. The van der Waals surface area contributed by atoms with E-state index in [1.165, 1.54) is 31.4 Å². The van der Waals surface area contributed by atoms with Crippen LogP contribution in [0.4, 0.5) is 10.5 Å². The lowest BCUT2D eigenvalue weighted by Crippen LogP contribution is -2.27. The first kappa shape index (κ1) is 19.9. The van der Waals surface area contributed by atoms with E-state index in [0.29, 0.717) is 21.8 Å². The quantitative estimate of drug-likeness (QED) is 0.398. The van der Waals surface area contributed by atoms with E-state index in [1.807, 2.05) is 0 Å². The molecule has 1 fully saturated rings. The molecule has 1 N–H and O–H groups in total. The Morgan fingerprint density at radius 1 is 1.32 bits per heavy atom. The molecule has 0 bridgehead atoms. The molecule has 1 aliphatic heterocycles. The third kappa shape index (κ3) is 3.87. The number of nitro groups is 1. The van der Waals surface area contributed by atoms with Gasteiger partial charge in [0.15, 0.2) is 11.5 Å². The molecule has 2 amide bonds. The minimum absolute atomic E-state index is 0.0963. The van der Waals surface area contributed by atoms with Gasteiger partial charge in [0.05, 0.1) is 23.5 Å². The van der Waals surface area contributed by atoms with Crippen molar-refractivity contribution in [2.45, 2.75) is 6.54 Å². The number of aromatic hydroxyl groups is 1. The SMILES string of the molecule is COc1cc(Br)cc(/C=C2\SC(=O)N(Cc3ccccc3[N+](=O)[O-])C2=O)c1O. The number of halogens is 1. The third-order valence-electron chi connectivity index (χ3n) is 3.97. The summed E-state index contributed by atoms with van der Waals surface area (Å²) >= 11 is 3.99. The number of thioether (sulfide) groups is 1. The van der Waals surface area contributed by atoms with Gasteiger partial charge in [-0.1, -0.05) is 34.1 Å². The first-order valence-corrected chi connectivity index (χ1v) is 9.47. The maximum Gasteiger partial charge on any atom is 0.293 e. The Balaban J connectivity index is 1.92. The van der Waals surface area contributed by atoms with E-state index in [9.17, 15) is 24.8 Å². The van der Waals surface area contributed by atoms with Crippen LogP contribution in [0.25, 0.3) is 6.08 Å². The highest BCUT2D eigenvalue weighted by molar-refractivity contribution is 9.10. The number of nitro benzene ring substituents is 1. The lowest BCUT2D eigenvalue weighted by atomic mass is 10.1. The fourth-order valence-corrected chi connectivity index (χ4v) is 3.91. The number of phenolic OH excluding ortho intramolecular Hbond substituents is 1. The number of rotatable bonds is 5. The van der Waals surface area contributed by atoms with Crippen molar-refractivity contribution < 1.29 is 24.4 Å². The van der Waals surface area contributed by atoms with E-state index in [1.54, 1.807) is 18.2 Å². The molecular formula is C18H13BrN2O6S. The van der Waals surface area contributed by atoms with E-state index in [-0.39, 0.29) is 34.2 Å². The van der Waals surface area contributed by atoms with E-state index in [2.05, 4.69) is 15.9 Å². The number of benzene rings is 2. The monoisotopic (exact) mass is 464 g/mol. The largest absolute Gasteiger partial charge is 0.504 e. The average Bonchev–Trinajstić information content (AvgIpc) is 2.92. The van der Waals surface area contributed by atoms with Crippen LogP contribution in [0.15, 0.2) is 45.8 Å². The Kier molecular flexibility index (Phi) is 5.71. The molecule has 0 aromatic heterocycles. The molecule has 0 spiro atoms. The number of carbonyl (C=O) groups excluding carboxylic acids is 2. The summed E-state index contributed by atoms with van der Waals surface area (Å²) in [4.78, 5) is 36.6. The molecule has 0 unspecified atom stereocenters. The van der Waals surface area contributed by atoms with Crippen LogP contribution < -0.4 is 4.74 Å². The number of phenols is 1. The van der Waals surface area contributed by atoms with Crippen molar-refractivity contribution in [1.82, 2.24) is 4.90 Å². The lowest BCUT2D eigenvalue weighted by molar-refractivity contribution is -0.385. The van der Waals surface area contributed by atoms with Gasteiger partial charge in [0.1, 0.15) is 0 Å². The molecular weight excluding hydrogens is 452 g/mol. The maximum atomic E-state index is 12.7. The van der Waals surface area contributed by atoms with Gasteiger partial charge in [0.25, 0.3) is 16.8 Å². The van der Waals surface area contributed by atoms with Crippen LogP contribution in [0.2, 0.25) is 0 Å². The molecule has 28 heavy (non-hydrogen) atoms. The zero-order chi connectivity index (χ0) is 20.4. The molecule has 3 rings (SSSR count). The molecule has 0 aliphatic carbocycles. The Hall–Kier alpha value is -2.85. The first-order chi connectivity index (χ1) is 13.3. The predicted molar refractivity (Wildman–Crippen MR) is 107 cm³/mol. The Labute approximate surface area is 172 Å². The van der Waals surface area contributed by atoms with Gasteiger partial charge < -0.3 is 9.84 Å². The molecule has 0 saturated carbocycles. The van der Waals surface area contributed by atoms with E-state index < -0.39 is 16.1 Å². The summed E-state index contributed by atoms with van der Waals surface area (Å²) < 4.78 is 5.69. The molecule has 8 nitrogen and oxygen atoms in total. The van der Waals surface area contributed by atoms with Crippen molar-refractivity contribution >= 4 is 50.6 Å². The number of para-hydroxylation sites is 1. The number of methoxy groups -OCH3 is 1. The summed E-state index contributed by atoms with van der Waals surface area (Å²) in [6.45, 7) is -0.215. The van der Waals surface area contributed by atoms with Gasteiger partial charge >= 0.3 is 0 Å². The molecule has 1 aliphatic rings. The van der Waals surface area contributed by atoms with Gasteiger partial charge in [-0.05, 0) is 30.0 Å². The number of hydrogen-bond donors (Lipinski definition) is 1. The fourth-order valence-electron chi connectivity index (χ4n) is 2.63. The molecule has 1 heterocycles. The molecule has 1 saturated heterocycles. The number of carbonyl (C=O) groups is 2. The number of imide groups is 1. The normalized spacial score (nSPS) is 15.4. The first-order valence-electron chi connectivity index (χ1n) is 7.86. The highest BCUT2D eigenvalue weighted by Crippen LogP contribution is 2.39.